The number of nitriles is 1. The standard InChI is InChI=1S/C19H16N4O8/c1-19(2)8-16(14-7-12(9-20)3-4-17(14)31-19)21-6-5-13(10-29-22(25)26)15(18(21)24)11-30-23(27)28/h3-8H,10-11H2,1-2H3. The van der Waals surface area contributed by atoms with Crippen molar-refractivity contribution in [3.05, 3.63) is 89.4 Å². The first-order valence-corrected chi connectivity index (χ1v) is 8.86. The van der Waals surface area contributed by atoms with Crippen molar-refractivity contribution in [1.82, 2.24) is 4.57 Å². The topological polar surface area (TPSA) is 160 Å². The van der Waals surface area contributed by atoms with Crippen molar-refractivity contribution in [3.63, 3.8) is 0 Å². The molecule has 2 aromatic rings. The SMILES string of the molecule is CC1(C)C=C(n2ccc(CO[N+](=O)[O-])c(CO[N+](=O)[O-])c2=O)c2cc(C#N)ccc2O1. The molecule has 12 heteroatoms. The molecule has 1 aliphatic heterocycles. The Hall–Kier alpha value is -4.40. The van der Waals surface area contributed by atoms with Crippen molar-refractivity contribution >= 4 is 5.70 Å². The zero-order valence-electron chi connectivity index (χ0n) is 16.4. The van der Waals surface area contributed by atoms with E-state index in [1.54, 1.807) is 38.1 Å². The van der Waals surface area contributed by atoms with Gasteiger partial charge in [-0.05, 0) is 49.8 Å². The molecule has 1 aromatic carbocycles. The van der Waals surface area contributed by atoms with E-state index in [1.807, 2.05) is 6.07 Å². The maximum Gasteiger partial charge on any atom is 0.294 e. The second-order valence-corrected chi connectivity index (χ2v) is 7.05. The molecule has 0 saturated heterocycles. The predicted molar refractivity (Wildman–Crippen MR) is 104 cm³/mol. The number of aromatic nitrogens is 1. The summed E-state index contributed by atoms with van der Waals surface area (Å²) in [5.41, 5.74) is -0.409. The summed E-state index contributed by atoms with van der Waals surface area (Å²) in [5.74, 6) is 0.442. The zero-order chi connectivity index (χ0) is 22.8. The Kier molecular flexibility index (Phi) is 5.60. The first-order chi connectivity index (χ1) is 14.6. The van der Waals surface area contributed by atoms with Crippen molar-refractivity contribution in [1.29, 1.82) is 5.26 Å². The summed E-state index contributed by atoms with van der Waals surface area (Å²) in [5, 5.41) is 28.3. The lowest BCUT2D eigenvalue weighted by atomic mass is 9.97. The van der Waals surface area contributed by atoms with Crippen LogP contribution in [0.2, 0.25) is 0 Å². The van der Waals surface area contributed by atoms with Crippen LogP contribution in [0.3, 0.4) is 0 Å². The number of fused-ring (bicyclic) bond motifs is 1. The average molecular weight is 428 g/mol. The van der Waals surface area contributed by atoms with Crippen molar-refractivity contribution in [2.45, 2.75) is 32.7 Å². The highest BCUT2D eigenvalue weighted by molar-refractivity contribution is 5.74. The van der Waals surface area contributed by atoms with Crippen LogP contribution >= 0.6 is 0 Å². The molecule has 2 heterocycles. The average Bonchev–Trinajstić information content (AvgIpc) is 2.69. The minimum absolute atomic E-state index is 0.0673. The van der Waals surface area contributed by atoms with Crippen LogP contribution in [0.5, 0.6) is 5.75 Å². The van der Waals surface area contributed by atoms with Gasteiger partial charge in [0, 0.05) is 17.3 Å². The molecular formula is C19H16N4O8. The van der Waals surface area contributed by atoms with Crippen LogP contribution in [0.25, 0.3) is 5.70 Å². The lowest BCUT2D eigenvalue weighted by Gasteiger charge is -2.31. The van der Waals surface area contributed by atoms with E-state index in [0.29, 0.717) is 22.6 Å². The van der Waals surface area contributed by atoms with Crippen LogP contribution < -0.4 is 10.3 Å². The lowest BCUT2D eigenvalue weighted by Crippen LogP contribution is -2.33. The molecule has 3 rings (SSSR count). The molecule has 0 aliphatic carbocycles. The maximum absolute atomic E-state index is 13.2. The van der Waals surface area contributed by atoms with Crippen molar-refractivity contribution in [2.75, 3.05) is 0 Å². The Bertz CT molecular complexity index is 1190. The molecular weight excluding hydrogens is 412 g/mol. The fraction of sp³-hybridized carbons (Fsp3) is 0.263. The molecule has 31 heavy (non-hydrogen) atoms. The van der Waals surface area contributed by atoms with Gasteiger partial charge in [-0.15, -0.1) is 20.2 Å². The quantitative estimate of drug-likeness (QED) is 0.475. The van der Waals surface area contributed by atoms with Gasteiger partial charge in [-0.25, -0.2) is 0 Å². The highest BCUT2D eigenvalue weighted by Gasteiger charge is 2.29. The highest BCUT2D eigenvalue weighted by atomic mass is 17.0. The molecule has 1 aromatic heterocycles. The first-order valence-electron chi connectivity index (χ1n) is 8.86. The Labute approximate surface area is 174 Å². The smallest absolute Gasteiger partial charge is 0.294 e. The normalized spacial score (nSPS) is 13.8. The number of ether oxygens (including phenoxy) is 1. The van der Waals surface area contributed by atoms with Crippen molar-refractivity contribution in [2.24, 2.45) is 0 Å². The summed E-state index contributed by atoms with van der Waals surface area (Å²) in [7, 11) is 0. The highest BCUT2D eigenvalue weighted by Crippen LogP contribution is 2.37. The first kappa shape index (κ1) is 21.3. The fourth-order valence-corrected chi connectivity index (χ4v) is 3.14. The van der Waals surface area contributed by atoms with E-state index < -0.39 is 34.5 Å². The molecule has 160 valence electrons. The maximum atomic E-state index is 13.2. The van der Waals surface area contributed by atoms with Gasteiger partial charge in [0.25, 0.3) is 15.7 Å². The minimum Gasteiger partial charge on any atom is -0.483 e. The minimum atomic E-state index is -1.07. The Balaban J connectivity index is 2.18. The molecule has 0 spiro atoms. The van der Waals surface area contributed by atoms with Crippen LogP contribution in [-0.2, 0) is 22.9 Å². The van der Waals surface area contributed by atoms with E-state index in [4.69, 9.17) is 4.74 Å². The Morgan fingerprint density at radius 3 is 2.48 bits per heavy atom. The van der Waals surface area contributed by atoms with Gasteiger partial charge in [0.2, 0.25) is 0 Å². The van der Waals surface area contributed by atoms with Crippen LogP contribution in [0.4, 0.5) is 0 Å². The molecule has 1 aliphatic rings. The Morgan fingerprint density at radius 1 is 1.16 bits per heavy atom. The number of pyridine rings is 1. The van der Waals surface area contributed by atoms with Gasteiger partial charge < -0.3 is 14.4 Å². The van der Waals surface area contributed by atoms with E-state index in [9.17, 15) is 30.3 Å². The number of hydrogen-bond donors (Lipinski definition) is 0. The summed E-state index contributed by atoms with van der Waals surface area (Å²) in [4.78, 5) is 43.0. The van der Waals surface area contributed by atoms with Gasteiger partial charge in [-0.2, -0.15) is 5.26 Å². The van der Waals surface area contributed by atoms with Gasteiger partial charge in [0.15, 0.2) is 0 Å². The summed E-state index contributed by atoms with van der Waals surface area (Å²) in [6.45, 7) is 2.24. The van der Waals surface area contributed by atoms with Crippen molar-refractivity contribution in [3.8, 4) is 11.8 Å². The van der Waals surface area contributed by atoms with Gasteiger partial charge in [0.05, 0.1) is 17.3 Å². The molecule has 0 amide bonds. The predicted octanol–water partition coefficient (Wildman–Crippen LogP) is 2.20. The fourth-order valence-electron chi connectivity index (χ4n) is 3.14. The second-order valence-electron chi connectivity index (χ2n) is 7.05. The molecule has 0 atom stereocenters. The number of rotatable bonds is 7. The lowest BCUT2D eigenvalue weighted by molar-refractivity contribution is -0.764. The summed E-state index contributed by atoms with van der Waals surface area (Å²) >= 11 is 0. The van der Waals surface area contributed by atoms with Crippen LogP contribution in [0.15, 0.2) is 41.3 Å². The van der Waals surface area contributed by atoms with Crippen LogP contribution in [-0.4, -0.2) is 20.3 Å². The molecule has 0 unspecified atom stereocenters. The van der Waals surface area contributed by atoms with E-state index in [1.165, 1.54) is 16.8 Å². The van der Waals surface area contributed by atoms with Gasteiger partial charge in [0.1, 0.15) is 24.6 Å². The number of hydrogen-bond acceptors (Lipinski definition) is 9. The van der Waals surface area contributed by atoms with E-state index >= 15 is 0 Å². The second kappa shape index (κ2) is 8.15. The van der Waals surface area contributed by atoms with Gasteiger partial charge in [-0.3, -0.25) is 9.36 Å². The van der Waals surface area contributed by atoms with Crippen molar-refractivity contribution < 1.29 is 24.6 Å². The summed E-state index contributed by atoms with van der Waals surface area (Å²) < 4.78 is 7.12. The monoisotopic (exact) mass is 428 g/mol. The number of nitrogens with zero attached hydrogens (tertiary/aromatic N) is 4. The molecule has 0 saturated carbocycles. The van der Waals surface area contributed by atoms with E-state index in [2.05, 4.69) is 9.68 Å². The molecule has 0 fully saturated rings. The molecule has 12 nitrogen and oxygen atoms in total. The molecule has 0 bridgehead atoms. The third kappa shape index (κ3) is 4.61. The molecule has 0 radical (unpaired) electrons. The number of benzene rings is 1. The Morgan fingerprint density at radius 2 is 1.84 bits per heavy atom. The van der Waals surface area contributed by atoms with Crippen LogP contribution in [0.1, 0.15) is 36.1 Å². The summed E-state index contributed by atoms with van der Waals surface area (Å²) in [6.07, 6.45) is 3.04. The third-order valence-corrected chi connectivity index (χ3v) is 4.43. The largest absolute Gasteiger partial charge is 0.483 e. The van der Waals surface area contributed by atoms with E-state index in [-0.39, 0.29) is 11.1 Å². The van der Waals surface area contributed by atoms with Gasteiger partial charge in [-0.1, -0.05) is 0 Å². The summed E-state index contributed by atoms with van der Waals surface area (Å²) in [6, 6.07) is 8.14. The van der Waals surface area contributed by atoms with E-state index in [0.717, 1.165) is 0 Å². The molecule has 0 N–H and O–H groups in total. The third-order valence-electron chi connectivity index (χ3n) is 4.43. The van der Waals surface area contributed by atoms with Gasteiger partial charge >= 0.3 is 0 Å². The zero-order valence-corrected chi connectivity index (χ0v) is 16.4. The van der Waals surface area contributed by atoms with Crippen LogP contribution in [0, 0.1) is 31.6 Å².